The highest BCUT2D eigenvalue weighted by Crippen LogP contribution is 2.20. The molecule has 2 aromatic rings. The Balaban J connectivity index is 2.15. The summed E-state index contributed by atoms with van der Waals surface area (Å²) >= 11 is 9.32. The fraction of sp³-hybridized carbons (Fsp3) is 0.133. The van der Waals surface area contributed by atoms with Gasteiger partial charge < -0.3 is 11.1 Å². The van der Waals surface area contributed by atoms with E-state index in [2.05, 4.69) is 21.2 Å². The van der Waals surface area contributed by atoms with Crippen molar-refractivity contribution in [3.8, 4) is 0 Å². The molecule has 0 fully saturated rings. The number of carbonyl (C=O) groups is 1. The lowest BCUT2D eigenvalue weighted by Gasteiger charge is -2.15. The van der Waals surface area contributed by atoms with Crippen molar-refractivity contribution in [1.29, 1.82) is 0 Å². The number of halogens is 2. The van der Waals surface area contributed by atoms with Crippen molar-refractivity contribution in [2.24, 2.45) is 0 Å². The molecule has 5 heteroatoms. The number of hydrogen-bond acceptors (Lipinski definition) is 2. The highest BCUT2D eigenvalue weighted by atomic mass is 79.9. The van der Waals surface area contributed by atoms with Gasteiger partial charge in [-0.25, -0.2) is 0 Å². The Bertz CT molecular complexity index is 625. The molecule has 0 saturated carbocycles. The van der Waals surface area contributed by atoms with Gasteiger partial charge in [0.25, 0.3) is 5.91 Å². The van der Waals surface area contributed by atoms with E-state index in [-0.39, 0.29) is 11.9 Å². The van der Waals surface area contributed by atoms with Crippen LogP contribution in [0.15, 0.2) is 46.9 Å². The van der Waals surface area contributed by atoms with Gasteiger partial charge in [-0.1, -0.05) is 39.7 Å². The van der Waals surface area contributed by atoms with Gasteiger partial charge in [0.2, 0.25) is 0 Å². The van der Waals surface area contributed by atoms with Crippen LogP contribution >= 0.6 is 27.5 Å². The molecule has 0 saturated heterocycles. The molecule has 0 aliphatic heterocycles. The summed E-state index contributed by atoms with van der Waals surface area (Å²) in [5, 5.41) is 3.37. The minimum absolute atomic E-state index is 0.111. The van der Waals surface area contributed by atoms with E-state index in [0.717, 1.165) is 10.0 Å². The summed E-state index contributed by atoms with van der Waals surface area (Å²) in [5.41, 5.74) is 7.63. The zero-order valence-corrected chi connectivity index (χ0v) is 13.2. The lowest BCUT2D eigenvalue weighted by molar-refractivity contribution is 0.0940. The average Bonchev–Trinajstić information content (AvgIpc) is 2.37. The van der Waals surface area contributed by atoms with Crippen molar-refractivity contribution < 1.29 is 4.79 Å². The number of nitrogens with one attached hydrogen (secondary N) is 1. The van der Waals surface area contributed by atoms with E-state index in [4.69, 9.17) is 17.3 Å². The number of amides is 1. The first-order valence-corrected chi connectivity index (χ1v) is 7.25. The molecule has 0 heterocycles. The first-order chi connectivity index (χ1) is 9.45. The third kappa shape index (κ3) is 3.74. The Hall–Kier alpha value is -1.52. The van der Waals surface area contributed by atoms with Gasteiger partial charge in [0.15, 0.2) is 0 Å². The number of carbonyl (C=O) groups excluding carboxylic acids is 1. The predicted octanol–water partition coefficient (Wildman–Crippen LogP) is 4.18. The molecule has 0 bridgehead atoms. The molecule has 1 amide bonds. The maximum atomic E-state index is 12.2. The van der Waals surface area contributed by atoms with Crippen molar-refractivity contribution in [1.82, 2.24) is 5.32 Å². The number of rotatable bonds is 3. The van der Waals surface area contributed by atoms with Crippen LogP contribution in [-0.4, -0.2) is 5.91 Å². The predicted molar refractivity (Wildman–Crippen MR) is 85.9 cm³/mol. The minimum Gasteiger partial charge on any atom is -0.399 e. The summed E-state index contributed by atoms with van der Waals surface area (Å²) in [6.07, 6.45) is 0. The Morgan fingerprint density at radius 2 is 2.05 bits per heavy atom. The molecular weight excluding hydrogens is 340 g/mol. The number of anilines is 1. The second-order valence-electron chi connectivity index (χ2n) is 4.52. The molecular formula is C15H14BrClN2O. The first-order valence-electron chi connectivity index (χ1n) is 6.08. The van der Waals surface area contributed by atoms with Gasteiger partial charge in [-0.15, -0.1) is 0 Å². The maximum Gasteiger partial charge on any atom is 0.251 e. The fourth-order valence-corrected chi connectivity index (χ4v) is 2.54. The second kappa shape index (κ2) is 6.29. The molecule has 1 atom stereocenters. The van der Waals surface area contributed by atoms with Crippen LogP contribution in [0.2, 0.25) is 5.02 Å². The summed E-state index contributed by atoms with van der Waals surface area (Å²) in [6, 6.07) is 12.5. The average molecular weight is 354 g/mol. The molecule has 0 aromatic heterocycles. The number of benzene rings is 2. The molecule has 2 rings (SSSR count). The van der Waals surface area contributed by atoms with Crippen LogP contribution in [0.25, 0.3) is 0 Å². The lowest BCUT2D eigenvalue weighted by Crippen LogP contribution is -2.26. The van der Waals surface area contributed by atoms with E-state index in [1.165, 1.54) is 0 Å². The third-order valence-corrected chi connectivity index (χ3v) is 3.59. The Kier molecular flexibility index (Phi) is 4.68. The van der Waals surface area contributed by atoms with Crippen molar-refractivity contribution in [2.75, 3.05) is 5.73 Å². The quantitative estimate of drug-likeness (QED) is 0.813. The largest absolute Gasteiger partial charge is 0.399 e. The highest BCUT2D eigenvalue weighted by Gasteiger charge is 2.12. The van der Waals surface area contributed by atoms with Crippen LogP contribution in [0.1, 0.15) is 28.9 Å². The summed E-state index contributed by atoms with van der Waals surface area (Å²) in [4.78, 5) is 12.2. The molecule has 0 radical (unpaired) electrons. The van der Waals surface area contributed by atoms with E-state index >= 15 is 0 Å². The smallest absolute Gasteiger partial charge is 0.251 e. The number of nitrogen functional groups attached to an aromatic ring is 1. The number of nitrogens with two attached hydrogens (primary N) is 1. The minimum atomic E-state index is -0.202. The highest BCUT2D eigenvalue weighted by molar-refractivity contribution is 9.10. The van der Waals surface area contributed by atoms with Gasteiger partial charge in [-0.3, -0.25) is 4.79 Å². The topological polar surface area (TPSA) is 55.1 Å². The molecule has 0 aliphatic carbocycles. The van der Waals surface area contributed by atoms with Crippen molar-refractivity contribution in [2.45, 2.75) is 13.0 Å². The van der Waals surface area contributed by atoms with E-state index in [1.54, 1.807) is 18.2 Å². The first kappa shape index (κ1) is 14.9. The molecule has 0 aliphatic rings. The molecule has 3 N–H and O–H groups in total. The van der Waals surface area contributed by atoms with Crippen molar-refractivity contribution >= 4 is 39.1 Å². The van der Waals surface area contributed by atoms with Gasteiger partial charge >= 0.3 is 0 Å². The van der Waals surface area contributed by atoms with Gasteiger partial charge in [-0.2, -0.15) is 0 Å². The van der Waals surface area contributed by atoms with Crippen molar-refractivity contribution in [3.63, 3.8) is 0 Å². The molecule has 104 valence electrons. The van der Waals surface area contributed by atoms with Crippen LogP contribution in [0.5, 0.6) is 0 Å². The van der Waals surface area contributed by atoms with Gasteiger partial charge in [0, 0.05) is 20.7 Å². The summed E-state index contributed by atoms with van der Waals surface area (Å²) < 4.78 is 0.975. The SMILES string of the molecule is C[C@@H](NC(=O)c1cc(N)cc(Cl)c1)c1cccc(Br)c1. The van der Waals surface area contributed by atoms with Crippen LogP contribution in [0.4, 0.5) is 5.69 Å². The Labute approximate surface area is 131 Å². The standard InChI is InChI=1S/C15H14BrClN2O/c1-9(10-3-2-4-12(16)5-10)19-15(20)11-6-13(17)8-14(18)7-11/h2-9H,18H2,1H3,(H,19,20)/t9-/m1/s1. The van der Waals surface area contributed by atoms with Crippen LogP contribution in [0, 0.1) is 0 Å². The van der Waals surface area contributed by atoms with E-state index < -0.39 is 0 Å². The van der Waals surface area contributed by atoms with Crippen LogP contribution in [-0.2, 0) is 0 Å². The van der Waals surface area contributed by atoms with E-state index in [0.29, 0.717) is 16.3 Å². The molecule has 0 unspecified atom stereocenters. The summed E-state index contributed by atoms with van der Waals surface area (Å²) in [6.45, 7) is 1.92. The maximum absolute atomic E-state index is 12.2. The lowest BCUT2D eigenvalue weighted by atomic mass is 10.1. The molecule has 20 heavy (non-hydrogen) atoms. The van der Waals surface area contributed by atoms with Crippen LogP contribution < -0.4 is 11.1 Å². The Morgan fingerprint density at radius 3 is 2.70 bits per heavy atom. The van der Waals surface area contributed by atoms with Gasteiger partial charge in [0.05, 0.1) is 6.04 Å². The molecule has 0 spiro atoms. The molecule has 3 nitrogen and oxygen atoms in total. The van der Waals surface area contributed by atoms with E-state index in [9.17, 15) is 4.79 Å². The Morgan fingerprint density at radius 1 is 1.30 bits per heavy atom. The normalized spacial score (nSPS) is 11.9. The molecule has 2 aromatic carbocycles. The number of hydrogen-bond donors (Lipinski definition) is 2. The third-order valence-electron chi connectivity index (χ3n) is 2.88. The summed E-state index contributed by atoms with van der Waals surface area (Å²) in [7, 11) is 0. The van der Waals surface area contributed by atoms with Gasteiger partial charge in [-0.05, 0) is 42.8 Å². The second-order valence-corrected chi connectivity index (χ2v) is 5.88. The monoisotopic (exact) mass is 352 g/mol. The summed E-state index contributed by atoms with van der Waals surface area (Å²) in [5.74, 6) is -0.202. The van der Waals surface area contributed by atoms with Crippen LogP contribution in [0.3, 0.4) is 0 Å². The van der Waals surface area contributed by atoms with Gasteiger partial charge in [0.1, 0.15) is 0 Å². The zero-order chi connectivity index (χ0) is 14.7. The van der Waals surface area contributed by atoms with E-state index in [1.807, 2.05) is 31.2 Å². The fourth-order valence-electron chi connectivity index (χ4n) is 1.88. The zero-order valence-electron chi connectivity index (χ0n) is 10.9. The van der Waals surface area contributed by atoms with Crippen molar-refractivity contribution in [3.05, 3.63) is 63.1 Å².